The second kappa shape index (κ2) is 9.21. The van der Waals surface area contributed by atoms with Crippen molar-refractivity contribution in [3.8, 4) is 0 Å². The molecule has 21 heavy (non-hydrogen) atoms. The third-order valence-electron chi connectivity index (χ3n) is 3.91. The zero-order valence-electron chi connectivity index (χ0n) is 13.3. The summed E-state index contributed by atoms with van der Waals surface area (Å²) in [6, 6.07) is 4.86. The minimum absolute atomic E-state index is 0.0142. The number of benzene rings is 1. The van der Waals surface area contributed by atoms with Gasteiger partial charge in [0.05, 0.1) is 4.90 Å². The third kappa shape index (κ3) is 7.09. The lowest BCUT2D eigenvalue weighted by Gasteiger charge is -2.07. The van der Waals surface area contributed by atoms with Gasteiger partial charge in [0.2, 0.25) is 0 Å². The quantitative estimate of drug-likeness (QED) is 0.492. The van der Waals surface area contributed by atoms with Crippen molar-refractivity contribution in [2.75, 3.05) is 0 Å². The van der Waals surface area contributed by atoms with Crippen molar-refractivity contribution in [2.45, 2.75) is 76.5 Å². The van der Waals surface area contributed by atoms with Gasteiger partial charge in [-0.3, -0.25) is 4.55 Å². The molecule has 0 unspecified atom stereocenters. The van der Waals surface area contributed by atoms with Gasteiger partial charge in [-0.1, -0.05) is 57.9 Å². The van der Waals surface area contributed by atoms with Crippen LogP contribution in [0.5, 0.6) is 0 Å². The highest BCUT2D eigenvalue weighted by Gasteiger charge is 2.10. The molecule has 0 radical (unpaired) electrons. The second-order valence-corrected chi connectivity index (χ2v) is 7.21. The molecule has 0 fully saturated rings. The normalized spacial score (nSPS) is 11.8. The minimum atomic E-state index is -4.08. The van der Waals surface area contributed by atoms with E-state index in [9.17, 15) is 8.42 Å². The van der Waals surface area contributed by atoms with E-state index < -0.39 is 10.1 Å². The van der Waals surface area contributed by atoms with Crippen LogP contribution in [0.4, 0.5) is 0 Å². The third-order valence-corrected chi connectivity index (χ3v) is 4.76. The van der Waals surface area contributed by atoms with Crippen LogP contribution in [0.1, 0.15) is 69.4 Å². The lowest BCUT2D eigenvalue weighted by Crippen LogP contribution is -2.00. The van der Waals surface area contributed by atoms with E-state index in [0.717, 1.165) is 18.4 Å². The molecule has 1 aromatic carbocycles. The first kappa shape index (κ1) is 18.2. The van der Waals surface area contributed by atoms with Gasteiger partial charge in [0.25, 0.3) is 10.1 Å². The molecule has 0 saturated heterocycles. The SMILES string of the molecule is CCCCCCCCCCc1ccc(S(=O)(=O)O)cc1C. The van der Waals surface area contributed by atoms with Gasteiger partial charge in [-0.15, -0.1) is 0 Å². The van der Waals surface area contributed by atoms with Gasteiger partial charge >= 0.3 is 0 Å². The van der Waals surface area contributed by atoms with Crippen LogP contribution >= 0.6 is 0 Å². The Morgan fingerprint density at radius 2 is 1.52 bits per heavy atom. The molecule has 1 rings (SSSR count). The summed E-state index contributed by atoms with van der Waals surface area (Å²) in [5.41, 5.74) is 2.11. The lowest BCUT2D eigenvalue weighted by molar-refractivity contribution is 0.483. The molecule has 1 aromatic rings. The second-order valence-electron chi connectivity index (χ2n) is 5.79. The van der Waals surface area contributed by atoms with Crippen LogP contribution in [0.3, 0.4) is 0 Å². The fourth-order valence-corrected chi connectivity index (χ4v) is 3.12. The van der Waals surface area contributed by atoms with Crippen molar-refractivity contribution in [1.82, 2.24) is 0 Å². The molecule has 3 nitrogen and oxygen atoms in total. The van der Waals surface area contributed by atoms with Crippen molar-refractivity contribution in [3.05, 3.63) is 29.3 Å². The van der Waals surface area contributed by atoms with Crippen molar-refractivity contribution >= 4 is 10.1 Å². The summed E-state index contributed by atoms with van der Waals surface area (Å²) in [6.07, 6.45) is 11.3. The Hall–Kier alpha value is -0.870. The first-order valence-corrected chi connectivity index (χ1v) is 9.46. The molecular weight excluding hydrogens is 284 g/mol. The van der Waals surface area contributed by atoms with Crippen LogP contribution in [-0.4, -0.2) is 13.0 Å². The first-order chi connectivity index (χ1) is 9.95. The summed E-state index contributed by atoms with van der Waals surface area (Å²) in [5.74, 6) is 0. The molecule has 0 aliphatic carbocycles. The molecule has 0 amide bonds. The Labute approximate surface area is 129 Å². The van der Waals surface area contributed by atoms with Crippen LogP contribution in [-0.2, 0) is 16.5 Å². The molecule has 0 heterocycles. The Morgan fingerprint density at radius 3 is 2.05 bits per heavy atom. The average Bonchev–Trinajstić information content (AvgIpc) is 2.42. The van der Waals surface area contributed by atoms with Gasteiger partial charge in [0.15, 0.2) is 0 Å². The van der Waals surface area contributed by atoms with E-state index in [1.165, 1.54) is 56.6 Å². The standard InChI is InChI=1S/C17H28O3S/c1-3-4-5-6-7-8-9-10-11-16-12-13-17(14-15(16)2)21(18,19)20/h12-14H,3-11H2,1-2H3,(H,18,19,20). The predicted octanol–water partition coefficient (Wildman–Crippen LogP) is 4.92. The molecule has 0 aromatic heterocycles. The number of hydrogen-bond acceptors (Lipinski definition) is 2. The molecule has 0 aliphatic rings. The van der Waals surface area contributed by atoms with Gasteiger partial charge in [0, 0.05) is 0 Å². The minimum Gasteiger partial charge on any atom is -0.282 e. The van der Waals surface area contributed by atoms with Crippen LogP contribution in [0.2, 0.25) is 0 Å². The van der Waals surface area contributed by atoms with E-state index in [0.29, 0.717) is 0 Å². The van der Waals surface area contributed by atoms with Gasteiger partial charge < -0.3 is 0 Å². The molecule has 0 bridgehead atoms. The van der Waals surface area contributed by atoms with Crippen molar-refractivity contribution in [2.24, 2.45) is 0 Å². The molecular formula is C17H28O3S. The molecule has 1 N–H and O–H groups in total. The van der Waals surface area contributed by atoms with Crippen LogP contribution in [0.15, 0.2) is 23.1 Å². The van der Waals surface area contributed by atoms with Crippen molar-refractivity contribution < 1.29 is 13.0 Å². The number of unbranched alkanes of at least 4 members (excludes halogenated alkanes) is 7. The van der Waals surface area contributed by atoms with Crippen molar-refractivity contribution in [3.63, 3.8) is 0 Å². The van der Waals surface area contributed by atoms with Crippen LogP contribution in [0.25, 0.3) is 0 Å². The highest BCUT2D eigenvalue weighted by molar-refractivity contribution is 7.85. The summed E-state index contributed by atoms with van der Waals surface area (Å²) < 4.78 is 31.1. The maximum Gasteiger partial charge on any atom is 0.294 e. The zero-order valence-corrected chi connectivity index (χ0v) is 14.1. The molecule has 0 atom stereocenters. The van der Waals surface area contributed by atoms with E-state index in [-0.39, 0.29) is 4.90 Å². The van der Waals surface area contributed by atoms with Crippen LogP contribution in [0, 0.1) is 6.92 Å². The summed E-state index contributed by atoms with van der Waals surface area (Å²) in [7, 11) is -4.08. The molecule has 0 spiro atoms. The highest BCUT2D eigenvalue weighted by atomic mass is 32.2. The molecule has 0 saturated carbocycles. The number of rotatable bonds is 10. The van der Waals surface area contributed by atoms with E-state index >= 15 is 0 Å². The maximum atomic E-state index is 11.1. The zero-order chi connectivity index (χ0) is 15.7. The summed E-state index contributed by atoms with van der Waals surface area (Å²) in [4.78, 5) is -0.0142. The number of hydrogen-bond donors (Lipinski definition) is 1. The fraction of sp³-hybridized carbons (Fsp3) is 0.647. The smallest absolute Gasteiger partial charge is 0.282 e. The Balaban J connectivity index is 2.30. The highest BCUT2D eigenvalue weighted by Crippen LogP contribution is 2.18. The maximum absolute atomic E-state index is 11.1. The predicted molar refractivity (Wildman–Crippen MR) is 87.3 cm³/mol. The van der Waals surface area contributed by atoms with E-state index in [1.807, 2.05) is 13.0 Å². The topological polar surface area (TPSA) is 54.4 Å². The van der Waals surface area contributed by atoms with E-state index in [1.54, 1.807) is 6.07 Å². The van der Waals surface area contributed by atoms with Gasteiger partial charge in [-0.25, -0.2) is 0 Å². The van der Waals surface area contributed by atoms with E-state index in [4.69, 9.17) is 4.55 Å². The monoisotopic (exact) mass is 312 g/mol. The molecule has 0 aliphatic heterocycles. The largest absolute Gasteiger partial charge is 0.294 e. The fourth-order valence-electron chi connectivity index (χ4n) is 2.56. The summed E-state index contributed by atoms with van der Waals surface area (Å²) in [6.45, 7) is 4.13. The van der Waals surface area contributed by atoms with Gasteiger partial charge in [-0.2, -0.15) is 8.42 Å². The van der Waals surface area contributed by atoms with Crippen molar-refractivity contribution in [1.29, 1.82) is 0 Å². The molecule has 4 heteroatoms. The van der Waals surface area contributed by atoms with Crippen LogP contribution < -0.4 is 0 Å². The Kier molecular flexibility index (Phi) is 7.97. The number of aryl methyl sites for hydroxylation is 2. The summed E-state index contributed by atoms with van der Waals surface area (Å²) >= 11 is 0. The Morgan fingerprint density at radius 1 is 0.952 bits per heavy atom. The first-order valence-electron chi connectivity index (χ1n) is 8.02. The Bertz CT molecular complexity index is 521. The average molecular weight is 312 g/mol. The van der Waals surface area contributed by atoms with Gasteiger partial charge in [0.1, 0.15) is 0 Å². The van der Waals surface area contributed by atoms with E-state index in [2.05, 4.69) is 6.92 Å². The summed E-state index contributed by atoms with van der Waals surface area (Å²) in [5, 5.41) is 0. The molecule has 120 valence electrons. The lowest BCUT2D eigenvalue weighted by atomic mass is 10.0. The van der Waals surface area contributed by atoms with Gasteiger partial charge in [-0.05, 0) is 43.0 Å².